The Bertz CT molecular complexity index is 1070. The highest BCUT2D eigenvalue weighted by molar-refractivity contribution is 6.42. The summed E-state index contributed by atoms with van der Waals surface area (Å²) in [5.74, 6) is -1.93. The maximum atomic E-state index is 12.2. The van der Waals surface area contributed by atoms with Crippen molar-refractivity contribution in [3.63, 3.8) is 0 Å². The Hall–Kier alpha value is -2.84. The number of Topliss-reactive ketones (excluding diaryl/α,β-unsaturated/α-hetero) is 1. The predicted molar refractivity (Wildman–Crippen MR) is 102 cm³/mol. The minimum Gasteiger partial charge on any atom is -0.454 e. The molecule has 0 aliphatic heterocycles. The minimum atomic E-state index is -0.858. The second-order valence-corrected chi connectivity index (χ2v) is 6.32. The van der Waals surface area contributed by atoms with Crippen LogP contribution in [0.4, 0.5) is 5.82 Å². The third-order valence-electron chi connectivity index (χ3n) is 3.69. The number of esters is 1. The maximum absolute atomic E-state index is 12.2. The SMILES string of the molecule is Cn1c(N)c(C(=O)COC(=O)/C=C/c2ccc(Cl)c(Cl)c2)c(=O)n(C)c1=O. The van der Waals surface area contributed by atoms with Gasteiger partial charge in [0.05, 0.1) is 10.0 Å². The number of carbonyl (C=O) groups is 2. The van der Waals surface area contributed by atoms with E-state index in [4.69, 9.17) is 33.7 Å². The Labute approximate surface area is 163 Å². The molecule has 0 spiro atoms. The molecule has 0 saturated carbocycles. The number of aromatic nitrogens is 2. The topological polar surface area (TPSA) is 113 Å². The van der Waals surface area contributed by atoms with E-state index in [1.54, 1.807) is 18.2 Å². The van der Waals surface area contributed by atoms with Gasteiger partial charge >= 0.3 is 11.7 Å². The second-order valence-electron chi connectivity index (χ2n) is 5.50. The lowest BCUT2D eigenvalue weighted by Crippen LogP contribution is -2.42. The number of ketones is 1. The smallest absolute Gasteiger partial charge is 0.332 e. The van der Waals surface area contributed by atoms with Gasteiger partial charge in [-0.2, -0.15) is 0 Å². The number of hydrogen-bond donors (Lipinski definition) is 1. The van der Waals surface area contributed by atoms with Crippen molar-refractivity contribution < 1.29 is 14.3 Å². The van der Waals surface area contributed by atoms with Gasteiger partial charge in [0.25, 0.3) is 5.56 Å². The van der Waals surface area contributed by atoms with E-state index in [0.29, 0.717) is 15.6 Å². The first-order valence-electron chi connectivity index (χ1n) is 7.52. The third-order valence-corrected chi connectivity index (χ3v) is 4.43. The molecular weight excluding hydrogens is 397 g/mol. The summed E-state index contributed by atoms with van der Waals surface area (Å²) in [5, 5.41) is 0.696. The predicted octanol–water partition coefficient (Wildman–Crippen LogP) is 1.41. The van der Waals surface area contributed by atoms with E-state index in [9.17, 15) is 19.2 Å². The zero-order chi connectivity index (χ0) is 20.3. The number of nitrogens with zero attached hydrogens (tertiary/aromatic N) is 2. The molecular formula is C17H15Cl2N3O5. The zero-order valence-electron chi connectivity index (χ0n) is 14.4. The zero-order valence-corrected chi connectivity index (χ0v) is 15.9. The molecule has 0 aliphatic carbocycles. The molecule has 2 N–H and O–H groups in total. The van der Waals surface area contributed by atoms with Crippen molar-refractivity contribution in [2.75, 3.05) is 12.3 Å². The monoisotopic (exact) mass is 411 g/mol. The average Bonchev–Trinajstić information content (AvgIpc) is 2.64. The Balaban J connectivity index is 2.11. The van der Waals surface area contributed by atoms with E-state index in [-0.39, 0.29) is 5.82 Å². The van der Waals surface area contributed by atoms with Crippen molar-refractivity contribution in [3.05, 3.63) is 66.3 Å². The highest BCUT2D eigenvalue weighted by Gasteiger charge is 2.21. The number of anilines is 1. The lowest BCUT2D eigenvalue weighted by Gasteiger charge is -2.10. The summed E-state index contributed by atoms with van der Waals surface area (Å²) in [6.45, 7) is -0.706. The van der Waals surface area contributed by atoms with Crippen LogP contribution in [-0.4, -0.2) is 27.5 Å². The number of halogens is 2. The van der Waals surface area contributed by atoms with Crippen LogP contribution in [0.2, 0.25) is 10.0 Å². The van der Waals surface area contributed by atoms with Crippen LogP contribution in [0, 0.1) is 0 Å². The number of benzene rings is 1. The van der Waals surface area contributed by atoms with Gasteiger partial charge in [-0.25, -0.2) is 9.59 Å². The van der Waals surface area contributed by atoms with Crippen LogP contribution >= 0.6 is 23.2 Å². The minimum absolute atomic E-state index is 0.296. The number of rotatable bonds is 5. The standard InChI is InChI=1S/C17H15Cl2N3O5/c1-21-15(20)14(16(25)22(2)17(21)26)12(23)8-27-13(24)6-4-9-3-5-10(18)11(19)7-9/h3-7H,8,20H2,1-2H3/b6-4+. The first kappa shape index (κ1) is 20.5. The Morgan fingerprint density at radius 1 is 1.15 bits per heavy atom. The Morgan fingerprint density at radius 2 is 1.81 bits per heavy atom. The highest BCUT2D eigenvalue weighted by atomic mass is 35.5. The summed E-state index contributed by atoms with van der Waals surface area (Å²) in [5.41, 5.74) is 4.33. The van der Waals surface area contributed by atoms with Crippen LogP contribution in [0.1, 0.15) is 15.9 Å². The third kappa shape index (κ3) is 4.47. The van der Waals surface area contributed by atoms with Crippen LogP contribution < -0.4 is 17.0 Å². The average molecular weight is 412 g/mol. The van der Waals surface area contributed by atoms with Crippen LogP contribution in [-0.2, 0) is 23.6 Å². The largest absolute Gasteiger partial charge is 0.454 e. The number of carbonyl (C=O) groups excluding carboxylic acids is 2. The molecule has 27 heavy (non-hydrogen) atoms. The normalized spacial score (nSPS) is 11.0. The van der Waals surface area contributed by atoms with Crippen molar-refractivity contribution >= 4 is 46.8 Å². The molecule has 0 unspecified atom stereocenters. The molecule has 1 aromatic heterocycles. The van der Waals surface area contributed by atoms with Crippen molar-refractivity contribution in [2.24, 2.45) is 14.1 Å². The molecule has 0 aliphatic rings. The van der Waals surface area contributed by atoms with Gasteiger partial charge in [0, 0.05) is 20.2 Å². The van der Waals surface area contributed by atoms with E-state index in [1.807, 2.05) is 0 Å². The van der Waals surface area contributed by atoms with Gasteiger partial charge in [-0.15, -0.1) is 0 Å². The summed E-state index contributed by atoms with van der Waals surface area (Å²) in [4.78, 5) is 47.8. The van der Waals surface area contributed by atoms with Crippen molar-refractivity contribution in [2.45, 2.75) is 0 Å². The Morgan fingerprint density at radius 3 is 2.44 bits per heavy atom. The molecule has 10 heteroatoms. The highest BCUT2D eigenvalue weighted by Crippen LogP contribution is 2.23. The summed E-state index contributed by atoms with van der Waals surface area (Å²) in [7, 11) is 2.53. The van der Waals surface area contributed by atoms with Gasteiger partial charge in [-0.05, 0) is 23.8 Å². The van der Waals surface area contributed by atoms with Crippen molar-refractivity contribution in [3.8, 4) is 0 Å². The molecule has 2 rings (SSSR count). The summed E-state index contributed by atoms with van der Waals surface area (Å²) < 4.78 is 6.53. The molecule has 1 heterocycles. The van der Waals surface area contributed by atoms with Crippen molar-refractivity contribution in [1.82, 2.24) is 9.13 Å². The Kier molecular flexibility index (Phi) is 6.24. The molecule has 1 aromatic carbocycles. The summed E-state index contributed by atoms with van der Waals surface area (Å²) >= 11 is 11.7. The molecule has 142 valence electrons. The number of nitrogens with two attached hydrogens (primary N) is 1. The quantitative estimate of drug-likeness (QED) is 0.452. The molecule has 0 fully saturated rings. The van der Waals surface area contributed by atoms with Gasteiger partial charge in [0.1, 0.15) is 11.4 Å². The van der Waals surface area contributed by atoms with Gasteiger partial charge < -0.3 is 10.5 Å². The van der Waals surface area contributed by atoms with Gasteiger partial charge in [-0.1, -0.05) is 29.3 Å². The molecule has 2 aromatic rings. The number of ether oxygens (including phenoxy) is 1. The fraction of sp³-hybridized carbons (Fsp3) is 0.176. The van der Waals surface area contributed by atoms with Crippen LogP contribution in [0.5, 0.6) is 0 Å². The maximum Gasteiger partial charge on any atom is 0.332 e. The van der Waals surface area contributed by atoms with Gasteiger partial charge in [0.2, 0.25) is 5.78 Å². The van der Waals surface area contributed by atoms with E-state index >= 15 is 0 Å². The molecule has 0 atom stereocenters. The molecule has 0 bridgehead atoms. The summed E-state index contributed by atoms with van der Waals surface area (Å²) in [6, 6.07) is 4.75. The van der Waals surface area contributed by atoms with E-state index < -0.39 is 35.2 Å². The number of hydrogen-bond acceptors (Lipinski definition) is 6. The van der Waals surface area contributed by atoms with E-state index in [0.717, 1.165) is 15.2 Å². The number of nitrogen functional groups attached to an aromatic ring is 1. The lowest BCUT2D eigenvalue weighted by molar-refractivity contribution is -0.136. The van der Waals surface area contributed by atoms with Gasteiger partial charge in [0.15, 0.2) is 6.61 Å². The molecule has 0 saturated heterocycles. The van der Waals surface area contributed by atoms with Crippen molar-refractivity contribution in [1.29, 1.82) is 0 Å². The van der Waals surface area contributed by atoms with E-state index in [2.05, 4.69) is 0 Å². The molecule has 8 nitrogen and oxygen atoms in total. The van der Waals surface area contributed by atoms with E-state index in [1.165, 1.54) is 20.2 Å². The fourth-order valence-electron chi connectivity index (χ4n) is 2.16. The fourth-order valence-corrected chi connectivity index (χ4v) is 2.47. The lowest BCUT2D eigenvalue weighted by atomic mass is 10.2. The first-order valence-corrected chi connectivity index (χ1v) is 8.27. The first-order chi connectivity index (χ1) is 12.6. The molecule has 0 amide bonds. The van der Waals surface area contributed by atoms with Crippen LogP contribution in [0.15, 0.2) is 33.9 Å². The molecule has 0 radical (unpaired) electrons. The van der Waals surface area contributed by atoms with Gasteiger partial charge in [-0.3, -0.25) is 18.7 Å². The van der Waals surface area contributed by atoms with Crippen LogP contribution in [0.25, 0.3) is 6.08 Å². The summed E-state index contributed by atoms with van der Waals surface area (Å²) in [6.07, 6.45) is 2.52. The second kappa shape index (κ2) is 8.24. The van der Waals surface area contributed by atoms with Crippen LogP contribution in [0.3, 0.4) is 0 Å².